The predicted octanol–water partition coefficient (Wildman–Crippen LogP) is 3.45. The summed E-state index contributed by atoms with van der Waals surface area (Å²) in [6.07, 6.45) is 5.40. The summed E-state index contributed by atoms with van der Waals surface area (Å²) in [6, 6.07) is 2.97. The van der Waals surface area contributed by atoms with Gasteiger partial charge in [0, 0.05) is 36.1 Å². The molecule has 0 amide bonds. The van der Waals surface area contributed by atoms with Crippen molar-refractivity contribution in [1.82, 2.24) is 20.4 Å². The van der Waals surface area contributed by atoms with Crippen LogP contribution in [0.15, 0.2) is 22.6 Å². The normalized spacial score (nSPS) is 17.6. The molecule has 5 nitrogen and oxygen atoms in total. The van der Waals surface area contributed by atoms with Crippen molar-refractivity contribution >= 4 is 17.3 Å². The van der Waals surface area contributed by atoms with Crippen molar-refractivity contribution < 1.29 is 0 Å². The van der Waals surface area contributed by atoms with Crippen LogP contribution in [-0.2, 0) is 19.4 Å². The first-order valence-electron chi connectivity index (χ1n) is 9.21. The van der Waals surface area contributed by atoms with E-state index < -0.39 is 0 Å². The van der Waals surface area contributed by atoms with Gasteiger partial charge in [0.05, 0.1) is 12.2 Å². The first kappa shape index (κ1) is 18.0. The lowest BCUT2D eigenvalue weighted by Crippen LogP contribution is -2.45. The monoisotopic (exact) mass is 359 g/mol. The molecule has 2 aromatic rings. The lowest BCUT2D eigenvalue weighted by atomic mass is 9.94. The van der Waals surface area contributed by atoms with Gasteiger partial charge < -0.3 is 10.6 Å². The average molecular weight is 360 g/mol. The zero-order valence-corrected chi connectivity index (χ0v) is 16.5. The van der Waals surface area contributed by atoms with Crippen LogP contribution in [0.2, 0.25) is 0 Å². The topological polar surface area (TPSA) is 54.2 Å². The highest BCUT2D eigenvalue weighted by Crippen LogP contribution is 2.22. The van der Waals surface area contributed by atoms with E-state index in [9.17, 15) is 0 Å². The van der Waals surface area contributed by atoms with E-state index in [1.165, 1.54) is 21.7 Å². The van der Waals surface area contributed by atoms with Gasteiger partial charge in [0.1, 0.15) is 0 Å². The van der Waals surface area contributed by atoms with Crippen molar-refractivity contribution in [3.05, 3.63) is 39.3 Å². The first-order chi connectivity index (χ1) is 12.1. The number of aliphatic imine (C=N–C) groups is 1. The maximum Gasteiger partial charge on any atom is 0.191 e. The van der Waals surface area contributed by atoms with Gasteiger partial charge in [-0.25, -0.2) is 4.99 Å². The molecule has 0 aliphatic heterocycles. The number of nitrogens with zero attached hydrogens (tertiary/aromatic N) is 3. The number of thiophene rings is 1. The van der Waals surface area contributed by atoms with Crippen molar-refractivity contribution in [2.45, 2.75) is 65.6 Å². The van der Waals surface area contributed by atoms with Crippen LogP contribution in [0.25, 0.3) is 0 Å². The SMILES string of the molecule is CCNC(=NCc1sccc1C)NC1CCc2cn(C(C)C)nc2C1. The highest BCUT2D eigenvalue weighted by Gasteiger charge is 2.23. The van der Waals surface area contributed by atoms with Crippen LogP contribution in [-0.4, -0.2) is 28.3 Å². The Bertz CT molecular complexity index is 728. The molecule has 2 heterocycles. The van der Waals surface area contributed by atoms with E-state index in [-0.39, 0.29) is 0 Å². The molecule has 6 heteroatoms. The minimum absolute atomic E-state index is 0.394. The first-order valence-corrected chi connectivity index (χ1v) is 10.1. The van der Waals surface area contributed by atoms with E-state index in [1.54, 1.807) is 11.3 Å². The Morgan fingerprint density at radius 2 is 2.32 bits per heavy atom. The van der Waals surface area contributed by atoms with Crippen molar-refractivity contribution in [2.24, 2.45) is 4.99 Å². The molecule has 1 aliphatic carbocycles. The van der Waals surface area contributed by atoms with Crippen LogP contribution in [0.5, 0.6) is 0 Å². The quantitative estimate of drug-likeness (QED) is 0.635. The number of nitrogens with one attached hydrogen (secondary N) is 2. The molecule has 25 heavy (non-hydrogen) atoms. The third-order valence-corrected chi connectivity index (χ3v) is 5.67. The van der Waals surface area contributed by atoms with E-state index in [0.29, 0.717) is 12.1 Å². The summed E-state index contributed by atoms with van der Waals surface area (Å²) in [6.45, 7) is 10.2. The van der Waals surface area contributed by atoms with E-state index >= 15 is 0 Å². The van der Waals surface area contributed by atoms with Gasteiger partial charge in [0.25, 0.3) is 0 Å². The average Bonchev–Trinajstić information content (AvgIpc) is 3.18. The molecule has 1 atom stereocenters. The highest BCUT2D eigenvalue weighted by atomic mass is 32.1. The van der Waals surface area contributed by atoms with Gasteiger partial charge >= 0.3 is 0 Å². The van der Waals surface area contributed by atoms with Crippen LogP contribution < -0.4 is 10.6 Å². The molecule has 0 saturated heterocycles. The van der Waals surface area contributed by atoms with E-state index in [1.807, 2.05) is 0 Å². The van der Waals surface area contributed by atoms with E-state index in [2.05, 4.69) is 60.7 Å². The van der Waals surface area contributed by atoms with E-state index in [0.717, 1.165) is 38.3 Å². The number of guanidine groups is 1. The molecule has 0 aromatic carbocycles. The number of fused-ring (bicyclic) bond motifs is 1. The Labute approximate surface area is 154 Å². The molecule has 2 aromatic heterocycles. The van der Waals surface area contributed by atoms with Gasteiger partial charge in [0.2, 0.25) is 0 Å². The van der Waals surface area contributed by atoms with Crippen LogP contribution >= 0.6 is 11.3 Å². The second-order valence-electron chi connectivity index (χ2n) is 6.98. The van der Waals surface area contributed by atoms with E-state index in [4.69, 9.17) is 10.1 Å². The maximum absolute atomic E-state index is 4.78. The number of rotatable bonds is 5. The van der Waals surface area contributed by atoms with Gasteiger partial charge in [-0.05, 0) is 63.1 Å². The maximum atomic E-state index is 4.78. The molecule has 0 bridgehead atoms. The molecule has 0 radical (unpaired) electrons. The fraction of sp³-hybridized carbons (Fsp3) is 0.579. The second kappa shape index (κ2) is 8.04. The van der Waals surface area contributed by atoms with Crippen LogP contribution in [0, 0.1) is 6.92 Å². The molecule has 136 valence electrons. The molecular formula is C19H29N5S. The highest BCUT2D eigenvalue weighted by molar-refractivity contribution is 7.10. The Kier molecular flexibility index (Phi) is 5.78. The van der Waals surface area contributed by atoms with Gasteiger partial charge in [-0.2, -0.15) is 5.10 Å². The van der Waals surface area contributed by atoms with Crippen molar-refractivity contribution in [2.75, 3.05) is 6.54 Å². The largest absolute Gasteiger partial charge is 0.357 e. The minimum atomic E-state index is 0.394. The fourth-order valence-electron chi connectivity index (χ4n) is 3.13. The summed E-state index contributed by atoms with van der Waals surface area (Å²) in [5, 5.41) is 13.9. The van der Waals surface area contributed by atoms with Crippen LogP contribution in [0.4, 0.5) is 0 Å². The zero-order valence-electron chi connectivity index (χ0n) is 15.7. The molecule has 0 fully saturated rings. The smallest absolute Gasteiger partial charge is 0.191 e. The second-order valence-corrected chi connectivity index (χ2v) is 7.98. The molecule has 3 rings (SSSR count). The van der Waals surface area contributed by atoms with Gasteiger partial charge in [-0.15, -0.1) is 11.3 Å². The standard InChI is InChI=1S/C19H29N5S/c1-5-20-19(21-11-18-14(4)8-9-25-18)22-16-7-6-15-12-24(13(2)3)23-17(15)10-16/h8-9,12-13,16H,5-7,10-11H2,1-4H3,(H2,20,21,22). The van der Waals surface area contributed by atoms with Crippen molar-refractivity contribution in [1.29, 1.82) is 0 Å². The lowest BCUT2D eigenvalue weighted by molar-refractivity contribution is 0.499. The third-order valence-electron chi connectivity index (χ3n) is 4.66. The Morgan fingerprint density at radius 1 is 1.48 bits per heavy atom. The zero-order chi connectivity index (χ0) is 17.8. The van der Waals surface area contributed by atoms with Crippen molar-refractivity contribution in [3.63, 3.8) is 0 Å². The van der Waals surface area contributed by atoms with Crippen molar-refractivity contribution in [3.8, 4) is 0 Å². The Morgan fingerprint density at radius 3 is 3.00 bits per heavy atom. The third kappa shape index (κ3) is 4.42. The molecular weight excluding hydrogens is 330 g/mol. The summed E-state index contributed by atoms with van der Waals surface area (Å²) < 4.78 is 2.09. The lowest BCUT2D eigenvalue weighted by Gasteiger charge is -2.24. The van der Waals surface area contributed by atoms with Gasteiger partial charge in [0.15, 0.2) is 5.96 Å². The number of aryl methyl sites for hydroxylation is 2. The summed E-state index contributed by atoms with van der Waals surface area (Å²) in [5.41, 5.74) is 3.97. The summed E-state index contributed by atoms with van der Waals surface area (Å²) in [4.78, 5) is 6.11. The molecule has 1 aliphatic rings. The minimum Gasteiger partial charge on any atom is -0.357 e. The Hall–Kier alpha value is -1.82. The van der Waals surface area contributed by atoms with Crippen LogP contribution in [0.3, 0.4) is 0 Å². The molecule has 2 N–H and O–H groups in total. The van der Waals surface area contributed by atoms with Crippen LogP contribution in [0.1, 0.15) is 54.9 Å². The summed E-state index contributed by atoms with van der Waals surface area (Å²) in [7, 11) is 0. The molecule has 0 saturated carbocycles. The number of hydrogen-bond acceptors (Lipinski definition) is 3. The summed E-state index contributed by atoms with van der Waals surface area (Å²) in [5.74, 6) is 0.909. The number of aromatic nitrogens is 2. The number of hydrogen-bond donors (Lipinski definition) is 2. The summed E-state index contributed by atoms with van der Waals surface area (Å²) >= 11 is 1.78. The predicted molar refractivity (Wildman–Crippen MR) is 105 cm³/mol. The molecule has 0 spiro atoms. The molecule has 1 unspecified atom stereocenters. The van der Waals surface area contributed by atoms with Gasteiger partial charge in [-0.1, -0.05) is 0 Å². The van der Waals surface area contributed by atoms with Gasteiger partial charge in [-0.3, -0.25) is 4.68 Å². The Balaban J connectivity index is 1.65. The fourth-order valence-corrected chi connectivity index (χ4v) is 3.96.